The van der Waals surface area contributed by atoms with Crippen molar-refractivity contribution in [2.45, 2.75) is 151 Å². The van der Waals surface area contributed by atoms with Gasteiger partial charge in [-0.2, -0.15) is 22.7 Å². The van der Waals surface area contributed by atoms with Crippen LogP contribution in [-0.2, 0) is 29.7 Å². The maximum Gasteiger partial charge on any atom is 0.640 e. The average molecular weight is 595 g/mol. The minimum atomic E-state index is -0.523. The molecule has 2 saturated heterocycles. The molecule has 2 aromatic heterocycles. The van der Waals surface area contributed by atoms with Crippen molar-refractivity contribution in [2.24, 2.45) is 0 Å². The number of hydrogen-bond acceptors (Lipinski definition) is 7. The summed E-state index contributed by atoms with van der Waals surface area (Å²) >= 11 is 3.50. The lowest BCUT2D eigenvalue weighted by molar-refractivity contribution is 0.00578. The highest BCUT2D eigenvalue weighted by Gasteiger charge is 2.53. The summed E-state index contributed by atoms with van der Waals surface area (Å²) in [4.78, 5) is 0. The predicted molar refractivity (Wildman–Crippen MR) is 176 cm³/mol. The smallest absolute Gasteiger partial charge is 0.399 e. The highest BCUT2D eigenvalue weighted by atomic mass is 32.1. The highest BCUT2D eigenvalue weighted by molar-refractivity contribution is 7.20. The van der Waals surface area contributed by atoms with Crippen molar-refractivity contribution in [3.8, 4) is 0 Å². The van der Waals surface area contributed by atoms with E-state index in [2.05, 4.69) is 69.8 Å². The molecule has 2 fully saturated rings. The minimum Gasteiger partial charge on any atom is -0.399 e. The van der Waals surface area contributed by atoms with Crippen molar-refractivity contribution < 1.29 is 23.3 Å². The Morgan fingerprint density at radius 3 is 1.80 bits per heavy atom. The zero-order chi connectivity index (χ0) is 29.5. The van der Waals surface area contributed by atoms with Gasteiger partial charge in [0.15, 0.2) is 0 Å². The van der Waals surface area contributed by atoms with Gasteiger partial charge in [0, 0.05) is 10.9 Å². The van der Waals surface area contributed by atoms with Crippen LogP contribution in [0.2, 0.25) is 0 Å². The Kier molecular flexibility index (Phi) is 14.7. The minimum absolute atomic E-state index is 0. The van der Waals surface area contributed by atoms with E-state index in [0.717, 1.165) is 0 Å². The molecule has 2 aromatic rings. The van der Waals surface area contributed by atoms with Gasteiger partial charge in [0.1, 0.15) is 0 Å². The molecule has 0 amide bonds. The first kappa shape index (κ1) is 37.4. The predicted octanol–water partition coefficient (Wildman–Crippen LogP) is 8.86. The van der Waals surface area contributed by atoms with Crippen molar-refractivity contribution in [2.75, 3.05) is 0 Å². The van der Waals surface area contributed by atoms with E-state index >= 15 is 0 Å². The zero-order valence-corrected chi connectivity index (χ0v) is 28.1. The van der Waals surface area contributed by atoms with Gasteiger partial charge in [0.25, 0.3) is 0 Å². The van der Waals surface area contributed by atoms with E-state index in [9.17, 15) is 0 Å². The fourth-order valence-corrected chi connectivity index (χ4v) is 5.33. The van der Waals surface area contributed by atoms with Gasteiger partial charge in [-0.1, -0.05) is 33.6 Å². The Morgan fingerprint density at radius 1 is 0.825 bits per heavy atom. The molecule has 0 unspecified atom stereocenters. The van der Waals surface area contributed by atoms with Crippen molar-refractivity contribution in [3.63, 3.8) is 0 Å². The number of thiophene rings is 2. The average Bonchev–Trinajstić information content (AvgIpc) is 3.54. The molecule has 0 bridgehead atoms. The van der Waals surface area contributed by atoms with Crippen molar-refractivity contribution >= 4 is 41.9 Å². The molecular formula is C31H56B2O5S2. The molecule has 40 heavy (non-hydrogen) atoms. The van der Waals surface area contributed by atoms with Crippen LogP contribution in [0.4, 0.5) is 0 Å². The molecule has 0 atom stereocenters. The molecule has 0 radical (unpaired) electrons. The fraction of sp³-hybridized carbons (Fsp3) is 0.742. The van der Waals surface area contributed by atoms with Crippen LogP contribution in [0.5, 0.6) is 0 Å². The first-order chi connectivity index (χ1) is 18.0. The van der Waals surface area contributed by atoms with Crippen LogP contribution >= 0.6 is 22.7 Å². The van der Waals surface area contributed by atoms with E-state index < -0.39 is 7.32 Å². The molecule has 228 valence electrons. The first-order valence-corrected chi connectivity index (χ1v) is 16.2. The Morgan fingerprint density at radius 2 is 1.38 bits per heavy atom. The fourth-order valence-electron chi connectivity index (χ4n) is 3.76. The van der Waals surface area contributed by atoms with Gasteiger partial charge < -0.3 is 23.3 Å². The molecule has 0 N–H and O–H groups in total. The molecule has 5 nitrogen and oxygen atoms in total. The summed E-state index contributed by atoms with van der Waals surface area (Å²) in [5, 5.41) is 6.46. The van der Waals surface area contributed by atoms with Crippen LogP contribution in [0, 0.1) is 6.92 Å². The van der Waals surface area contributed by atoms with Crippen LogP contribution in [-0.4, -0.2) is 42.9 Å². The van der Waals surface area contributed by atoms with Gasteiger partial charge in [0.05, 0.1) is 22.4 Å². The number of hydrogen-bond donors (Lipinski definition) is 0. The normalized spacial score (nSPS) is 19.9. The Labute approximate surface area is 255 Å². The molecule has 4 rings (SSSR count). The van der Waals surface area contributed by atoms with Crippen LogP contribution < -0.4 is 4.78 Å². The maximum atomic E-state index is 6.09. The molecule has 9 heteroatoms. The number of aryl methyl sites for hydroxylation is 2. The summed E-state index contributed by atoms with van der Waals surface area (Å²) in [7, 11) is -0.723. The van der Waals surface area contributed by atoms with Crippen molar-refractivity contribution in [3.05, 3.63) is 39.4 Å². The van der Waals surface area contributed by atoms with E-state index in [0.29, 0.717) is 0 Å². The van der Waals surface area contributed by atoms with Gasteiger partial charge in [0.2, 0.25) is 0 Å². The van der Waals surface area contributed by atoms with Crippen molar-refractivity contribution in [1.29, 1.82) is 0 Å². The maximum absolute atomic E-state index is 6.09. The van der Waals surface area contributed by atoms with Gasteiger partial charge >= 0.3 is 14.4 Å². The van der Waals surface area contributed by atoms with E-state index in [1.165, 1.54) is 48.0 Å². The number of rotatable bonds is 8. The largest absolute Gasteiger partial charge is 0.640 e. The molecule has 0 spiro atoms. The summed E-state index contributed by atoms with van der Waals surface area (Å²) in [6.45, 7) is 24.7. The lowest BCUT2D eigenvalue weighted by Crippen LogP contribution is -2.41. The van der Waals surface area contributed by atoms with E-state index in [1.807, 2.05) is 41.5 Å². The van der Waals surface area contributed by atoms with E-state index in [-0.39, 0.29) is 43.1 Å². The molecule has 0 saturated carbocycles. The molecule has 2 aliphatic heterocycles. The lowest BCUT2D eigenvalue weighted by Gasteiger charge is -2.32. The number of unbranched alkanes of at least 4 members (excludes halogenated alkanes) is 3. The monoisotopic (exact) mass is 594 g/mol. The third kappa shape index (κ3) is 10.9. The van der Waals surface area contributed by atoms with Crippen LogP contribution in [0.25, 0.3) is 0 Å². The second-order valence-corrected chi connectivity index (χ2v) is 14.5. The summed E-state index contributed by atoms with van der Waals surface area (Å²) in [6.07, 6.45) is 6.55. The molecular weight excluding hydrogens is 538 g/mol. The van der Waals surface area contributed by atoms with E-state index in [1.54, 1.807) is 22.7 Å². The summed E-state index contributed by atoms with van der Waals surface area (Å²) in [5.41, 5.74) is 1.70. The SMILES string of the molecule is C.CC(C)OB1OC(C)(C)C(C)(C)O1.CCCCCCc1csc(B2OC(C)(C)C(C)(C)O2)c1.Cc1ccsc1. The second kappa shape index (κ2) is 15.7. The van der Waals surface area contributed by atoms with Crippen LogP contribution in [0.15, 0.2) is 28.3 Å². The Hall–Kier alpha value is -0.670. The quantitative estimate of drug-likeness (QED) is 0.226. The molecule has 4 heterocycles. The van der Waals surface area contributed by atoms with Crippen LogP contribution in [0.3, 0.4) is 0 Å². The van der Waals surface area contributed by atoms with E-state index in [4.69, 9.17) is 23.3 Å². The second-order valence-electron chi connectivity index (χ2n) is 12.8. The highest BCUT2D eigenvalue weighted by Crippen LogP contribution is 2.38. The molecule has 0 aliphatic carbocycles. The van der Waals surface area contributed by atoms with Crippen molar-refractivity contribution in [1.82, 2.24) is 0 Å². The first-order valence-electron chi connectivity index (χ1n) is 14.4. The third-order valence-corrected chi connectivity index (χ3v) is 9.56. The molecule has 0 aromatic carbocycles. The Balaban J connectivity index is 0.000000342. The summed E-state index contributed by atoms with van der Waals surface area (Å²) in [5.74, 6) is 0. The lowest BCUT2D eigenvalue weighted by atomic mass is 9.87. The summed E-state index contributed by atoms with van der Waals surface area (Å²) < 4.78 is 30.1. The molecule has 2 aliphatic rings. The third-order valence-electron chi connectivity index (χ3n) is 7.76. The zero-order valence-electron chi connectivity index (χ0n) is 26.5. The standard InChI is InChI=1S/C16H27BO2S.C9H19BO3.C5H6S.CH4/c1-6-7-8-9-10-13-11-14(20-12-13)17-18-15(2,3)16(4,5)19-17;1-7(2)11-10-12-8(3,4)9(5,6)13-10;1-5-2-3-6-4-5;/h11-12H,6-10H2,1-5H3;7H,1-6H3;2-4H,1H3;1H4. The van der Waals surface area contributed by atoms with Gasteiger partial charge in [-0.3, -0.25) is 0 Å². The van der Waals surface area contributed by atoms with Crippen LogP contribution in [0.1, 0.15) is 120 Å². The Bertz CT molecular complexity index is 938. The van der Waals surface area contributed by atoms with Gasteiger partial charge in [-0.25, -0.2) is 0 Å². The topological polar surface area (TPSA) is 46.2 Å². The van der Waals surface area contributed by atoms with Gasteiger partial charge in [-0.15, -0.1) is 0 Å². The van der Waals surface area contributed by atoms with Gasteiger partial charge in [-0.05, 0) is 128 Å². The summed E-state index contributed by atoms with van der Waals surface area (Å²) in [6, 6.07) is 4.36.